The van der Waals surface area contributed by atoms with Crippen LogP contribution in [0.5, 0.6) is 0 Å². The van der Waals surface area contributed by atoms with Gasteiger partial charge in [0.1, 0.15) is 6.79 Å². The molecule has 0 aromatic rings. The summed E-state index contributed by atoms with van der Waals surface area (Å²) in [6.07, 6.45) is 0. The summed E-state index contributed by atoms with van der Waals surface area (Å²) in [5.41, 5.74) is -0.183. The van der Waals surface area contributed by atoms with Gasteiger partial charge in [-0.25, -0.2) is 0 Å². The fourth-order valence-corrected chi connectivity index (χ4v) is 0.742. The Bertz CT molecular complexity index is 92.1. The van der Waals surface area contributed by atoms with Crippen LogP contribution in [0.3, 0.4) is 0 Å². The molecule has 0 radical (unpaired) electrons. The van der Waals surface area contributed by atoms with E-state index in [9.17, 15) is 0 Å². The van der Waals surface area contributed by atoms with Gasteiger partial charge >= 0.3 is 7.66 Å². The highest BCUT2D eigenvalue weighted by molar-refractivity contribution is 7.30. The number of halogens is 2. The van der Waals surface area contributed by atoms with Gasteiger partial charge in [0.2, 0.25) is 0 Å². The van der Waals surface area contributed by atoms with E-state index in [1.165, 1.54) is 0 Å². The Hall–Kier alpha value is 0.717. The van der Waals surface area contributed by atoms with Crippen LogP contribution in [-0.2, 0) is 9.16 Å². The van der Waals surface area contributed by atoms with Gasteiger partial charge in [-0.1, -0.05) is 0 Å². The second kappa shape index (κ2) is 4.57. The molecule has 10 heavy (non-hydrogen) atoms. The maximum Gasteiger partial charge on any atom is 0.374 e. The van der Waals surface area contributed by atoms with Crippen LogP contribution in [0.2, 0.25) is 0 Å². The van der Waals surface area contributed by atoms with Crippen LogP contribution in [0.25, 0.3) is 0 Å². The standard InChI is InChI=1S/C5H12Cl2O2Si/c1-5(2,3)8-4-9-10(6)7/h10H,4H2,1-3H3. The van der Waals surface area contributed by atoms with Crippen molar-refractivity contribution in [2.75, 3.05) is 6.79 Å². The molecular weight excluding hydrogens is 191 g/mol. The molecule has 2 nitrogen and oxygen atoms in total. The second-order valence-corrected chi connectivity index (χ2v) is 6.71. The minimum Gasteiger partial charge on any atom is -0.370 e. The summed E-state index contributed by atoms with van der Waals surface area (Å²) in [4.78, 5) is 0. The van der Waals surface area contributed by atoms with Gasteiger partial charge in [0.05, 0.1) is 5.60 Å². The van der Waals surface area contributed by atoms with Gasteiger partial charge in [-0.05, 0) is 20.8 Å². The fraction of sp³-hybridized carbons (Fsp3) is 1.00. The lowest BCUT2D eigenvalue weighted by Crippen LogP contribution is -2.22. The molecule has 0 rings (SSSR count). The number of hydrogen-bond donors (Lipinski definition) is 0. The molecule has 0 unspecified atom stereocenters. The van der Waals surface area contributed by atoms with Gasteiger partial charge in [0.25, 0.3) is 0 Å². The van der Waals surface area contributed by atoms with Gasteiger partial charge in [-0.3, -0.25) is 0 Å². The smallest absolute Gasteiger partial charge is 0.370 e. The zero-order chi connectivity index (χ0) is 8.20. The molecule has 0 bridgehead atoms. The summed E-state index contributed by atoms with van der Waals surface area (Å²) in [7, 11) is -1.94. The van der Waals surface area contributed by atoms with E-state index in [1.54, 1.807) is 0 Å². The Kier molecular flexibility index (Phi) is 4.89. The Morgan fingerprint density at radius 2 is 1.80 bits per heavy atom. The molecule has 0 aromatic heterocycles. The molecule has 0 N–H and O–H groups in total. The first kappa shape index (κ1) is 10.7. The molecule has 0 aliphatic rings. The molecule has 0 heterocycles. The third-order valence-corrected chi connectivity index (χ3v) is 1.83. The zero-order valence-corrected chi connectivity index (χ0v) is 9.02. The largest absolute Gasteiger partial charge is 0.374 e. The predicted molar refractivity (Wildman–Crippen MR) is 45.6 cm³/mol. The monoisotopic (exact) mass is 202 g/mol. The van der Waals surface area contributed by atoms with E-state index in [-0.39, 0.29) is 12.4 Å². The summed E-state index contributed by atoms with van der Waals surface area (Å²) in [5.74, 6) is 0. The van der Waals surface area contributed by atoms with Gasteiger partial charge in [-0.2, -0.15) is 0 Å². The van der Waals surface area contributed by atoms with E-state index in [0.717, 1.165) is 0 Å². The van der Waals surface area contributed by atoms with Crippen molar-refractivity contribution in [2.24, 2.45) is 0 Å². The molecule has 0 fully saturated rings. The highest BCUT2D eigenvalue weighted by Crippen LogP contribution is 2.07. The Labute approximate surface area is 72.5 Å². The molecule has 0 spiro atoms. The summed E-state index contributed by atoms with van der Waals surface area (Å²) in [6.45, 7) is 6.01. The van der Waals surface area contributed by atoms with Crippen molar-refractivity contribution in [3.05, 3.63) is 0 Å². The zero-order valence-electron chi connectivity index (χ0n) is 6.36. The normalized spacial score (nSPS) is 12.6. The van der Waals surface area contributed by atoms with Crippen LogP contribution in [0.4, 0.5) is 0 Å². The molecule has 0 atom stereocenters. The fourth-order valence-electron chi connectivity index (χ4n) is 0.262. The average molecular weight is 203 g/mol. The van der Waals surface area contributed by atoms with Gasteiger partial charge < -0.3 is 9.16 Å². The Morgan fingerprint density at radius 3 is 2.10 bits per heavy atom. The van der Waals surface area contributed by atoms with E-state index in [2.05, 4.69) is 0 Å². The molecule has 0 aliphatic carbocycles. The molecule has 5 heteroatoms. The van der Waals surface area contributed by atoms with E-state index >= 15 is 0 Å². The van der Waals surface area contributed by atoms with Crippen molar-refractivity contribution in [1.29, 1.82) is 0 Å². The summed E-state index contributed by atoms with van der Waals surface area (Å²) < 4.78 is 10.0. The van der Waals surface area contributed by atoms with Crippen molar-refractivity contribution in [3.63, 3.8) is 0 Å². The summed E-state index contributed by atoms with van der Waals surface area (Å²) >= 11 is 10.8. The first-order chi connectivity index (χ1) is 4.42. The molecule has 0 aromatic carbocycles. The van der Waals surface area contributed by atoms with Crippen LogP contribution in [0.1, 0.15) is 20.8 Å². The van der Waals surface area contributed by atoms with Gasteiger partial charge in [0.15, 0.2) is 0 Å². The quantitative estimate of drug-likeness (QED) is 0.396. The first-order valence-electron chi connectivity index (χ1n) is 2.95. The van der Waals surface area contributed by atoms with Crippen molar-refractivity contribution in [2.45, 2.75) is 26.4 Å². The highest BCUT2D eigenvalue weighted by atomic mass is 35.7. The lowest BCUT2D eigenvalue weighted by Gasteiger charge is -2.19. The second-order valence-electron chi connectivity index (χ2n) is 2.80. The topological polar surface area (TPSA) is 18.5 Å². The van der Waals surface area contributed by atoms with Gasteiger partial charge in [-0.15, -0.1) is 22.2 Å². The molecule has 62 valence electrons. The maximum absolute atomic E-state index is 5.41. The lowest BCUT2D eigenvalue weighted by atomic mass is 10.2. The van der Waals surface area contributed by atoms with Crippen molar-refractivity contribution >= 4 is 29.8 Å². The summed E-state index contributed by atoms with van der Waals surface area (Å²) in [5, 5.41) is 0. The SMILES string of the molecule is CC(C)(C)OCO[SiH](Cl)Cl. The van der Waals surface area contributed by atoms with E-state index < -0.39 is 7.66 Å². The van der Waals surface area contributed by atoms with Crippen LogP contribution < -0.4 is 0 Å². The van der Waals surface area contributed by atoms with Crippen molar-refractivity contribution in [1.82, 2.24) is 0 Å². The third-order valence-electron chi connectivity index (χ3n) is 0.686. The van der Waals surface area contributed by atoms with E-state index in [1.807, 2.05) is 20.8 Å². The van der Waals surface area contributed by atoms with Crippen molar-refractivity contribution in [3.8, 4) is 0 Å². The Balaban J connectivity index is 3.21. The third kappa shape index (κ3) is 8.72. The van der Waals surface area contributed by atoms with Crippen LogP contribution in [0.15, 0.2) is 0 Å². The van der Waals surface area contributed by atoms with Crippen molar-refractivity contribution < 1.29 is 9.16 Å². The molecule has 0 amide bonds. The number of ether oxygens (including phenoxy) is 1. The van der Waals surface area contributed by atoms with Gasteiger partial charge in [0, 0.05) is 0 Å². The summed E-state index contributed by atoms with van der Waals surface area (Å²) in [6, 6.07) is 0. The minimum absolute atomic E-state index is 0.183. The molecular formula is C5H12Cl2O2Si. The molecule has 0 saturated heterocycles. The number of hydrogen-bond acceptors (Lipinski definition) is 2. The predicted octanol–water partition coefficient (Wildman–Crippen LogP) is 1.97. The number of rotatable bonds is 3. The van der Waals surface area contributed by atoms with Crippen LogP contribution in [-0.4, -0.2) is 20.1 Å². The average Bonchev–Trinajstić information content (AvgIpc) is 1.59. The molecule has 0 saturated carbocycles. The lowest BCUT2D eigenvalue weighted by molar-refractivity contribution is -0.0750. The van der Waals surface area contributed by atoms with E-state index in [4.69, 9.17) is 31.3 Å². The Morgan fingerprint density at radius 1 is 1.30 bits per heavy atom. The maximum atomic E-state index is 5.41. The van der Waals surface area contributed by atoms with Crippen LogP contribution >= 0.6 is 22.2 Å². The molecule has 0 aliphatic heterocycles. The van der Waals surface area contributed by atoms with E-state index in [0.29, 0.717) is 0 Å². The first-order valence-corrected chi connectivity index (χ1v) is 6.92. The van der Waals surface area contributed by atoms with Crippen LogP contribution in [0, 0.1) is 0 Å². The highest BCUT2D eigenvalue weighted by Gasteiger charge is 2.10. The minimum atomic E-state index is -1.94.